The van der Waals surface area contributed by atoms with Gasteiger partial charge in [-0.3, -0.25) is 0 Å². The van der Waals surface area contributed by atoms with Crippen LogP contribution in [-0.4, -0.2) is 70.2 Å². The van der Waals surface area contributed by atoms with E-state index >= 15 is 0 Å². The molecule has 3 nitrogen and oxygen atoms in total. The minimum absolute atomic E-state index is 0.153. The Labute approximate surface area is 242 Å². The van der Waals surface area contributed by atoms with Gasteiger partial charge in [0.05, 0.1) is 6.10 Å². The molecule has 4 aliphatic rings. The van der Waals surface area contributed by atoms with Gasteiger partial charge in [0.25, 0.3) is 16.8 Å². The van der Waals surface area contributed by atoms with Crippen molar-refractivity contribution in [1.82, 2.24) is 0 Å². The second kappa shape index (κ2) is 11.1. The second-order valence-electron chi connectivity index (χ2n) is 12.4. The van der Waals surface area contributed by atoms with E-state index in [-0.39, 0.29) is 11.8 Å². The van der Waals surface area contributed by atoms with Crippen LogP contribution in [0.1, 0.15) is 51.9 Å². The zero-order chi connectivity index (χ0) is 35.2. The second-order valence-corrected chi connectivity index (χ2v) is 12.4. The number of alkyl halides is 18. The van der Waals surface area contributed by atoms with Crippen LogP contribution >= 0.6 is 0 Å². The summed E-state index contributed by atoms with van der Waals surface area (Å²) >= 11 is 0. The molecular formula is C24H26F18O3. The Morgan fingerprint density at radius 2 is 0.911 bits per heavy atom. The third-order valence-corrected chi connectivity index (χ3v) is 9.39. The molecule has 45 heavy (non-hydrogen) atoms. The van der Waals surface area contributed by atoms with Crippen LogP contribution in [0.2, 0.25) is 0 Å². The van der Waals surface area contributed by atoms with Gasteiger partial charge < -0.3 is 14.9 Å². The molecule has 4 atom stereocenters. The summed E-state index contributed by atoms with van der Waals surface area (Å²) in [6.45, 7) is 0.556. The maximum absolute atomic E-state index is 14.1. The van der Waals surface area contributed by atoms with Crippen LogP contribution in [0, 0.1) is 35.5 Å². The van der Waals surface area contributed by atoms with Gasteiger partial charge >= 0.3 is 37.1 Å². The molecule has 0 amide bonds. The van der Waals surface area contributed by atoms with E-state index in [2.05, 4.69) is 0 Å². The summed E-state index contributed by atoms with van der Waals surface area (Å²) in [5.41, 5.74) is -16.9. The highest BCUT2D eigenvalue weighted by atomic mass is 19.4. The first-order valence-corrected chi connectivity index (χ1v) is 13.3. The van der Waals surface area contributed by atoms with E-state index in [9.17, 15) is 89.2 Å². The van der Waals surface area contributed by atoms with Crippen molar-refractivity contribution in [2.24, 2.45) is 35.5 Å². The summed E-state index contributed by atoms with van der Waals surface area (Å²) in [6, 6.07) is 0. The average Bonchev–Trinajstić information content (AvgIpc) is 3.09. The lowest BCUT2D eigenvalue weighted by Gasteiger charge is -2.42. The molecule has 4 bridgehead atoms. The van der Waals surface area contributed by atoms with E-state index < -0.39 is 116 Å². The zero-order valence-corrected chi connectivity index (χ0v) is 22.6. The van der Waals surface area contributed by atoms with Gasteiger partial charge in [-0.2, -0.15) is 79.0 Å². The van der Waals surface area contributed by atoms with Gasteiger partial charge in [-0.15, -0.1) is 0 Å². The monoisotopic (exact) mass is 704 g/mol. The van der Waals surface area contributed by atoms with Crippen molar-refractivity contribution >= 4 is 0 Å². The molecule has 2 N–H and O–H groups in total. The lowest BCUT2D eigenvalue weighted by molar-refractivity contribution is -0.397. The lowest BCUT2D eigenvalue weighted by atomic mass is 9.77. The zero-order valence-electron chi connectivity index (χ0n) is 22.6. The summed E-state index contributed by atoms with van der Waals surface area (Å²) in [4.78, 5) is 0. The Kier molecular flexibility index (Phi) is 9.38. The van der Waals surface area contributed by atoms with Gasteiger partial charge in [0.15, 0.2) is 0 Å². The highest BCUT2D eigenvalue weighted by molar-refractivity contribution is 5.18. The van der Waals surface area contributed by atoms with Crippen LogP contribution in [-0.2, 0) is 4.74 Å². The number of rotatable bonds is 11. The van der Waals surface area contributed by atoms with E-state index in [1.807, 2.05) is 0 Å². The van der Waals surface area contributed by atoms with E-state index in [4.69, 9.17) is 4.74 Å². The molecule has 0 aromatic heterocycles. The standard InChI is InChI=1S/C24H26F18O3/c1-9(6-18(23(37,38)39,24(40,41)42)45-15-11-4-12-13(5-11)14(12)15)2-3-10(7-16(43,19(25,26)27)20(28,29)30)8-17(44,21(31,32)33)22(34,35)36/h9-15,43-44H,2-8H2,1H3. The van der Waals surface area contributed by atoms with Crippen molar-refractivity contribution in [3.05, 3.63) is 0 Å². The van der Waals surface area contributed by atoms with Gasteiger partial charge in [0.1, 0.15) is 0 Å². The number of aliphatic hydroxyl groups is 2. The molecule has 266 valence electrons. The van der Waals surface area contributed by atoms with Gasteiger partial charge in [0, 0.05) is 0 Å². The molecule has 4 fully saturated rings. The van der Waals surface area contributed by atoms with Gasteiger partial charge in [-0.1, -0.05) is 13.3 Å². The molecule has 0 aromatic rings. The maximum atomic E-state index is 14.1. The van der Waals surface area contributed by atoms with E-state index in [1.54, 1.807) is 0 Å². The molecule has 21 heteroatoms. The SMILES string of the molecule is CC(CCC(CC(O)(C(F)(F)F)C(F)(F)F)CC(O)(C(F)(F)F)C(F)(F)F)CC(OC1C2CC3C(C2)C31)(C(F)(F)F)C(F)(F)F. The molecule has 4 aliphatic carbocycles. The Hall–Kier alpha value is -1.38. The van der Waals surface area contributed by atoms with Crippen molar-refractivity contribution in [3.63, 3.8) is 0 Å². The topological polar surface area (TPSA) is 49.7 Å². The molecular weight excluding hydrogens is 678 g/mol. The van der Waals surface area contributed by atoms with E-state index in [1.165, 1.54) is 0 Å². The Morgan fingerprint density at radius 1 is 0.556 bits per heavy atom. The van der Waals surface area contributed by atoms with Crippen molar-refractivity contribution in [3.8, 4) is 0 Å². The van der Waals surface area contributed by atoms with Crippen LogP contribution in [0.5, 0.6) is 0 Å². The van der Waals surface area contributed by atoms with Crippen molar-refractivity contribution in [1.29, 1.82) is 0 Å². The van der Waals surface area contributed by atoms with E-state index in [0.717, 1.165) is 0 Å². The molecule has 0 radical (unpaired) electrons. The third kappa shape index (κ3) is 6.55. The fraction of sp³-hybridized carbons (Fsp3) is 1.00. The summed E-state index contributed by atoms with van der Waals surface area (Å²) in [6.07, 6.45) is -51.7. The predicted molar refractivity (Wildman–Crippen MR) is 113 cm³/mol. The lowest BCUT2D eigenvalue weighted by Crippen LogP contribution is -2.61. The summed E-state index contributed by atoms with van der Waals surface area (Å²) in [5, 5.41) is 18.9. The van der Waals surface area contributed by atoms with Crippen LogP contribution < -0.4 is 0 Å². The number of halogens is 18. The normalized spacial score (nSPS) is 27.5. The van der Waals surface area contributed by atoms with Crippen molar-refractivity contribution in [2.45, 2.75) is 112 Å². The first kappa shape index (κ1) is 38.1. The van der Waals surface area contributed by atoms with Gasteiger partial charge in [-0.25, -0.2) is 0 Å². The van der Waals surface area contributed by atoms with Crippen LogP contribution in [0.25, 0.3) is 0 Å². The smallest absolute Gasteiger partial charge is 0.374 e. The highest BCUT2D eigenvalue weighted by Gasteiger charge is 2.78. The van der Waals surface area contributed by atoms with Gasteiger partial charge in [0.2, 0.25) is 0 Å². The first-order valence-electron chi connectivity index (χ1n) is 13.3. The van der Waals surface area contributed by atoms with Crippen molar-refractivity contribution in [2.75, 3.05) is 0 Å². The fourth-order valence-electron chi connectivity index (χ4n) is 6.99. The molecule has 0 saturated heterocycles. The Balaban J connectivity index is 1.94. The number of hydrogen-bond acceptors (Lipinski definition) is 3. The molecule has 0 aliphatic heterocycles. The summed E-state index contributed by atoms with van der Waals surface area (Å²) < 4.78 is 249. The number of hydrogen-bond donors (Lipinski definition) is 2. The average molecular weight is 704 g/mol. The first-order chi connectivity index (χ1) is 19.7. The van der Waals surface area contributed by atoms with Gasteiger partial charge in [-0.05, 0) is 74.0 Å². The van der Waals surface area contributed by atoms with Crippen LogP contribution in [0.15, 0.2) is 0 Å². The quantitative estimate of drug-likeness (QED) is 0.213. The van der Waals surface area contributed by atoms with Crippen LogP contribution in [0.3, 0.4) is 0 Å². The fourth-order valence-corrected chi connectivity index (χ4v) is 6.99. The molecule has 4 saturated carbocycles. The predicted octanol–water partition coefficient (Wildman–Crippen LogP) is 8.44. The molecule has 0 heterocycles. The number of ether oxygens (including phenoxy) is 1. The third-order valence-electron chi connectivity index (χ3n) is 9.39. The Bertz CT molecular complexity index is 956. The Morgan fingerprint density at radius 3 is 1.18 bits per heavy atom. The minimum atomic E-state index is -6.78. The maximum Gasteiger partial charge on any atom is 0.426 e. The summed E-state index contributed by atoms with van der Waals surface area (Å²) in [5.74, 6) is -6.92. The minimum Gasteiger partial charge on any atom is -0.374 e. The largest absolute Gasteiger partial charge is 0.426 e. The van der Waals surface area contributed by atoms with E-state index in [0.29, 0.717) is 19.8 Å². The highest BCUT2D eigenvalue weighted by Crippen LogP contribution is 2.72. The molecule has 4 unspecified atom stereocenters. The molecule has 0 aromatic carbocycles. The summed E-state index contributed by atoms with van der Waals surface area (Å²) in [7, 11) is 0. The molecule has 0 spiro atoms. The van der Waals surface area contributed by atoms with Crippen molar-refractivity contribution < 1.29 is 94.0 Å². The molecule has 4 rings (SSSR count). The van der Waals surface area contributed by atoms with Crippen LogP contribution in [0.4, 0.5) is 79.0 Å².